The van der Waals surface area contributed by atoms with Gasteiger partial charge in [-0.1, -0.05) is 24.4 Å². The number of aliphatic hydroxyl groups excluding tert-OH is 1. The summed E-state index contributed by atoms with van der Waals surface area (Å²) in [4.78, 5) is 2.41. The third-order valence-electron chi connectivity index (χ3n) is 4.41. The van der Waals surface area contributed by atoms with Gasteiger partial charge < -0.3 is 9.84 Å². The highest BCUT2D eigenvalue weighted by atomic mass is 35.5. The zero-order valence-electron chi connectivity index (χ0n) is 11.7. The molecule has 1 N–H and O–H groups in total. The number of hydrogen-bond acceptors (Lipinski definition) is 3. The van der Waals surface area contributed by atoms with Gasteiger partial charge in [-0.2, -0.15) is 0 Å². The van der Waals surface area contributed by atoms with Gasteiger partial charge in [-0.25, -0.2) is 0 Å². The Labute approximate surface area is 125 Å². The maximum Gasteiger partial charge on any atom is 0.123 e. The zero-order chi connectivity index (χ0) is 13.9. The minimum absolute atomic E-state index is 0.190. The number of likely N-dealkylation sites (tertiary alicyclic amines) is 1. The predicted octanol–water partition coefficient (Wildman–Crippen LogP) is 2.88. The van der Waals surface area contributed by atoms with Gasteiger partial charge >= 0.3 is 0 Å². The standard InChI is InChI=1S/C16H22ClNO2/c17-13-5-6-16-12(8-13)9-15(20-16)10-18-7-3-1-2-4-14(18)11-19/h5-6,8,14-15,19H,1-4,7,9-11H2. The summed E-state index contributed by atoms with van der Waals surface area (Å²) in [5.41, 5.74) is 1.21. The fourth-order valence-electron chi connectivity index (χ4n) is 3.34. The molecule has 2 atom stereocenters. The van der Waals surface area contributed by atoms with Crippen molar-refractivity contribution in [3.8, 4) is 5.75 Å². The number of hydrogen-bond donors (Lipinski definition) is 1. The van der Waals surface area contributed by atoms with Crippen molar-refractivity contribution >= 4 is 11.6 Å². The number of nitrogens with zero attached hydrogens (tertiary/aromatic N) is 1. The summed E-state index contributed by atoms with van der Waals surface area (Å²) in [6, 6.07) is 6.14. The van der Waals surface area contributed by atoms with Crippen molar-refractivity contribution < 1.29 is 9.84 Å². The van der Waals surface area contributed by atoms with Crippen molar-refractivity contribution in [3.63, 3.8) is 0 Å². The molecule has 2 aliphatic heterocycles. The normalized spacial score (nSPS) is 26.9. The van der Waals surface area contributed by atoms with Crippen LogP contribution in [0, 0.1) is 0 Å². The highest BCUT2D eigenvalue weighted by molar-refractivity contribution is 6.30. The Morgan fingerprint density at radius 2 is 2.20 bits per heavy atom. The highest BCUT2D eigenvalue weighted by Crippen LogP contribution is 2.32. The lowest BCUT2D eigenvalue weighted by atomic mass is 10.1. The number of fused-ring (bicyclic) bond motifs is 1. The number of ether oxygens (including phenoxy) is 1. The van der Waals surface area contributed by atoms with Crippen LogP contribution in [0.1, 0.15) is 31.2 Å². The van der Waals surface area contributed by atoms with E-state index in [0.29, 0.717) is 6.04 Å². The van der Waals surface area contributed by atoms with Crippen LogP contribution in [0.3, 0.4) is 0 Å². The first kappa shape index (κ1) is 14.2. The molecule has 0 spiro atoms. The van der Waals surface area contributed by atoms with Gasteiger partial charge in [0.1, 0.15) is 11.9 Å². The molecular formula is C16H22ClNO2. The average Bonchev–Trinajstić information content (AvgIpc) is 2.68. The van der Waals surface area contributed by atoms with E-state index in [1.807, 2.05) is 18.2 Å². The number of halogens is 1. The largest absolute Gasteiger partial charge is 0.488 e. The quantitative estimate of drug-likeness (QED) is 0.931. The fraction of sp³-hybridized carbons (Fsp3) is 0.625. The van der Waals surface area contributed by atoms with Crippen molar-refractivity contribution in [2.45, 2.75) is 44.2 Å². The first-order chi connectivity index (χ1) is 9.76. The van der Waals surface area contributed by atoms with Gasteiger partial charge in [0.15, 0.2) is 0 Å². The van der Waals surface area contributed by atoms with Gasteiger partial charge in [0, 0.05) is 24.0 Å². The Bertz CT molecular complexity index is 466. The van der Waals surface area contributed by atoms with Gasteiger partial charge in [0.2, 0.25) is 0 Å². The summed E-state index contributed by atoms with van der Waals surface area (Å²) in [5.74, 6) is 0.967. The molecule has 3 rings (SSSR count). The second-order valence-electron chi connectivity index (χ2n) is 5.88. The Hall–Kier alpha value is -0.770. The van der Waals surface area contributed by atoms with Gasteiger partial charge in [-0.15, -0.1) is 0 Å². The van der Waals surface area contributed by atoms with Crippen LogP contribution in [-0.2, 0) is 6.42 Å². The third kappa shape index (κ3) is 3.11. The molecule has 2 aliphatic rings. The molecule has 2 heterocycles. The molecule has 3 nitrogen and oxygen atoms in total. The van der Waals surface area contributed by atoms with Crippen LogP contribution < -0.4 is 4.74 Å². The topological polar surface area (TPSA) is 32.7 Å². The van der Waals surface area contributed by atoms with E-state index in [-0.39, 0.29) is 12.7 Å². The minimum Gasteiger partial charge on any atom is -0.488 e. The van der Waals surface area contributed by atoms with E-state index >= 15 is 0 Å². The number of benzene rings is 1. The van der Waals surface area contributed by atoms with Gasteiger partial charge in [0.05, 0.1) is 6.61 Å². The lowest BCUT2D eigenvalue weighted by molar-refractivity contribution is 0.0830. The van der Waals surface area contributed by atoms with Gasteiger partial charge in [-0.3, -0.25) is 4.90 Å². The van der Waals surface area contributed by atoms with Crippen molar-refractivity contribution in [1.29, 1.82) is 0 Å². The second kappa shape index (κ2) is 6.33. The van der Waals surface area contributed by atoms with Crippen molar-refractivity contribution in [1.82, 2.24) is 4.90 Å². The molecule has 1 aromatic carbocycles. The molecule has 1 fully saturated rings. The van der Waals surface area contributed by atoms with Crippen LogP contribution in [0.25, 0.3) is 0 Å². The molecule has 1 aromatic rings. The smallest absolute Gasteiger partial charge is 0.123 e. The van der Waals surface area contributed by atoms with Crippen LogP contribution in [-0.4, -0.2) is 41.8 Å². The average molecular weight is 296 g/mol. The summed E-state index contributed by atoms with van der Waals surface area (Å²) < 4.78 is 6.02. The summed E-state index contributed by atoms with van der Waals surface area (Å²) in [6.07, 6.45) is 5.93. The summed E-state index contributed by atoms with van der Waals surface area (Å²) in [6.45, 7) is 2.23. The summed E-state index contributed by atoms with van der Waals surface area (Å²) in [7, 11) is 0. The lowest BCUT2D eigenvalue weighted by Gasteiger charge is -2.30. The maximum absolute atomic E-state index is 9.57. The lowest BCUT2D eigenvalue weighted by Crippen LogP contribution is -2.43. The van der Waals surface area contributed by atoms with Crippen LogP contribution in [0.5, 0.6) is 5.75 Å². The van der Waals surface area contributed by atoms with E-state index in [0.717, 1.165) is 36.7 Å². The Kier molecular flexibility index (Phi) is 4.49. The Morgan fingerprint density at radius 1 is 1.30 bits per heavy atom. The van der Waals surface area contributed by atoms with Crippen LogP contribution in [0.4, 0.5) is 0 Å². The third-order valence-corrected chi connectivity index (χ3v) is 4.65. The van der Waals surface area contributed by atoms with Crippen LogP contribution in [0.15, 0.2) is 18.2 Å². The molecule has 4 heteroatoms. The predicted molar refractivity (Wildman–Crippen MR) is 80.5 cm³/mol. The molecule has 0 aliphatic carbocycles. The summed E-state index contributed by atoms with van der Waals surface area (Å²) in [5, 5.41) is 10.3. The monoisotopic (exact) mass is 295 g/mol. The first-order valence-electron chi connectivity index (χ1n) is 7.56. The fourth-order valence-corrected chi connectivity index (χ4v) is 3.53. The summed E-state index contributed by atoms with van der Waals surface area (Å²) >= 11 is 6.03. The Morgan fingerprint density at radius 3 is 3.05 bits per heavy atom. The maximum atomic E-state index is 9.57. The van der Waals surface area contributed by atoms with Gasteiger partial charge in [-0.05, 0) is 43.1 Å². The zero-order valence-corrected chi connectivity index (χ0v) is 12.5. The van der Waals surface area contributed by atoms with E-state index in [4.69, 9.17) is 16.3 Å². The second-order valence-corrected chi connectivity index (χ2v) is 6.31. The Balaban J connectivity index is 1.64. The molecule has 1 saturated heterocycles. The highest BCUT2D eigenvalue weighted by Gasteiger charge is 2.28. The number of rotatable bonds is 3. The minimum atomic E-state index is 0.190. The molecule has 0 bridgehead atoms. The molecule has 0 amide bonds. The molecule has 0 aromatic heterocycles. The SMILES string of the molecule is OCC1CCCCCN1CC1Cc2cc(Cl)ccc2O1. The van der Waals surface area contributed by atoms with E-state index in [2.05, 4.69) is 4.90 Å². The molecular weight excluding hydrogens is 274 g/mol. The van der Waals surface area contributed by atoms with Crippen molar-refractivity contribution in [2.75, 3.05) is 19.7 Å². The van der Waals surface area contributed by atoms with E-state index in [9.17, 15) is 5.11 Å². The molecule has 0 saturated carbocycles. The van der Waals surface area contributed by atoms with E-state index in [1.54, 1.807) is 0 Å². The van der Waals surface area contributed by atoms with E-state index in [1.165, 1.54) is 24.8 Å². The van der Waals surface area contributed by atoms with Crippen LogP contribution >= 0.6 is 11.6 Å². The number of aliphatic hydroxyl groups is 1. The van der Waals surface area contributed by atoms with Crippen molar-refractivity contribution in [2.24, 2.45) is 0 Å². The van der Waals surface area contributed by atoms with E-state index < -0.39 is 0 Å². The van der Waals surface area contributed by atoms with Crippen molar-refractivity contribution in [3.05, 3.63) is 28.8 Å². The molecule has 2 unspecified atom stereocenters. The first-order valence-corrected chi connectivity index (χ1v) is 7.94. The molecule has 20 heavy (non-hydrogen) atoms. The van der Waals surface area contributed by atoms with Crippen LogP contribution in [0.2, 0.25) is 5.02 Å². The molecule has 110 valence electrons. The van der Waals surface area contributed by atoms with Gasteiger partial charge in [0.25, 0.3) is 0 Å². The molecule has 0 radical (unpaired) electrons.